The van der Waals surface area contributed by atoms with Gasteiger partial charge >= 0.3 is 5.69 Å². The smallest absolute Gasteiger partial charge is 0.326 e. The number of nitrogens with zero attached hydrogens (tertiary/aromatic N) is 1. The highest BCUT2D eigenvalue weighted by molar-refractivity contribution is 5.92. The molecular formula is C12H18N4O3. The van der Waals surface area contributed by atoms with Gasteiger partial charge < -0.3 is 15.2 Å². The Morgan fingerprint density at radius 1 is 1.42 bits per heavy atom. The number of hydrogen-bond donors (Lipinski definition) is 3. The van der Waals surface area contributed by atoms with Crippen LogP contribution in [0.15, 0.2) is 15.7 Å². The molecule has 1 aromatic heterocycles. The minimum Gasteiger partial charge on any atom is -0.333 e. The lowest BCUT2D eigenvalue weighted by atomic mass is 10.2. The summed E-state index contributed by atoms with van der Waals surface area (Å²) in [4.78, 5) is 41.1. The van der Waals surface area contributed by atoms with Gasteiger partial charge in [-0.2, -0.15) is 0 Å². The third-order valence-electron chi connectivity index (χ3n) is 3.19. The molecule has 0 bridgehead atoms. The molecule has 1 aromatic rings. The lowest BCUT2D eigenvalue weighted by Crippen LogP contribution is -2.43. The van der Waals surface area contributed by atoms with Gasteiger partial charge in [-0.1, -0.05) is 6.92 Å². The van der Waals surface area contributed by atoms with Crippen LogP contribution in [0, 0.1) is 0 Å². The fourth-order valence-electron chi connectivity index (χ4n) is 2.33. The largest absolute Gasteiger partial charge is 0.333 e. The summed E-state index contributed by atoms with van der Waals surface area (Å²) in [5, 5.41) is 3.21. The van der Waals surface area contributed by atoms with Gasteiger partial charge in [0.1, 0.15) is 5.69 Å². The number of amides is 1. The van der Waals surface area contributed by atoms with Crippen LogP contribution in [0.2, 0.25) is 0 Å². The van der Waals surface area contributed by atoms with Gasteiger partial charge in [-0.3, -0.25) is 14.6 Å². The Bertz CT molecular complexity index is 528. The number of aromatic nitrogens is 2. The molecule has 2 rings (SSSR count). The number of rotatable bonds is 4. The normalized spacial score (nSPS) is 18.5. The van der Waals surface area contributed by atoms with E-state index < -0.39 is 11.2 Å². The minimum absolute atomic E-state index is 0.0501. The lowest BCUT2D eigenvalue weighted by Gasteiger charge is -2.27. The van der Waals surface area contributed by atoms with Gasteiger partial charge in [-0.15, -0.1) is 0 Å². The molecule has 1 fully saturated rings. The minimum atomic E-state index is -0.656. The molecule has 0 spiro atoms. The highest BCUT2D eigenvalue weighted by Crippen LogP contribution is 2.12. The fraction of sp³-hybridized carbons (Fsp3) is 0.583. The zero-order valence-electron chi connectivity index (χ0n) is 10.9. The van der Waals surface area contributed by atoms with Crippen LogP contribution in [0.5, 0.6) is 0 Å². The molecule has 7 nitrogen and oxygen atoms in total. The van der Waals surface area contributed by atoms with Crippen molar-refractivity contribution in [1.82, 2.24) is 20.2 Å². The summed E-state index contributed by atoms with van der Waals surface area (Å²) in [6, 6.07) is 1.25. The van der Waals surface area contributed by atoms with E-state index >= 15 is 0 Å². The molecule has 1 unspecified atom stereocenters. The van der Waals surface area contributed by atoms with Crippen molar-refractivity contribution in [2.75, 3.05) is 19.6 Å². The summed E-state index contributed by atoms with van der Waals surface area (Å²) < 4.78 is 0. The number of nitrogens with one attached hydrogen (secondary N) is 3. The first kappa shape index (κ1) is 13.5. The van der Waals surface area contributed by atoms with E-state index in [4.69, 9.17) is 0 Å². The van der Waals surface area contributed by atoms with Crippen LogP contribution >= 0.6 is 0 Å². The number of H-pyrrole nitrogens is 2. The SMILES string of the molecule is CCCN(C(=O)c1cc(=O)[nH]c(=O)[nH]1)C1CCNC1. The average molecular weight is 266 g/mol. The molecule has 3 N–H and O–H groups in total. The van der Waals surface area contributed by atoms with Crippen molar-refractivity contribution in [2.24, 2.45) is 0 Å². The second-order valence-corrected chi connectivity index (χ2v) is 4.65. The van der Waals surface area contributed by atoms with Crippen molar-refractivity contribution in [3.05, 3.63) is 32.6 Å². The van der Waals surface area contributed by atoms with Crippen molar-refractivity contribution in [2.45, 2.75) is 25.8 Å². The first-order chi connectivity index (χ1) is 9.11. The van der Waals surface area contributed by atoms with Crippen LogP contribution in [-0.2, 0) is 0 Å². The standard InChI is InChI=1S/C12H18N4O3/c1-2-5-16(8-3-4-13-7-8)11(18)9-6-10(17)15-12(19)14-9/h6,8,13H,2-5,7H2,1H3,(H2,14,15,17,19). The maximum absolute atomic E-state index is 12.4. The second kappa shape index (κ2) is 5.83. The van der Waals surface area contributed by atoms with E-state index in [0.717, 1.165) is 32.0 Å². The van der Waals surface area contributed by atoms with E-state index in [-0.39, 0.29) is 17.6 Å². The Kier molecular flexibility index (Phi) is 4.16. The van der Waals surface area contributed by atoms with Crippen LogP contribution < -0.4 is 16.6 Å². The zero-order valence-corrected chi connectivity index (χ0v) is 10.9. The van der Waals surface area contributed by atoms with Gasteiger partial charge in [0, 0.05) is 25.2 Å². The molecule has 1 aliphatic heterocycles. The second-order valence-electron chi connectivity index (χ2n) is 4.65. The van der Waals surface area contributed by atoms with Gasteiger partial charge in [0.25, 0.3) is 11.5 Å². The molecule has 2 heterocycles. The molecule has 1 aliphatic rings. The van der Waals surface area contributed by atoms with Crippen LogP contribution in [0.4, 0.5) is 0 Å². The highest BCUT2D eigenvalue weighted by atomic mass is 16.2. The topological polar surface area (TPSA) is 98.1 Å². The number of aromatic amines is 2. The van der Waals surface area contributed by atoms with Crippen LogP contribution in [-0.4, -0.2) is 46.5 Å². The summed E-state index contributed by atoms with van der Waals surface area (Å²) in [5.74, 6) is -0.293. The van der Waals surface area contributed by atoms with E-state index in [2.05, 4.69) is 15.3 Å². The van der Waals surface area contributed by atoms with Crippen LogP contribution in [0.1, 0.15) is 30.3 Å². The van der Waals surface area contributed by atoms with Gasteiger partial charge in [-0.05, 0) is 19.4 Å². The Labute approximate surface area is 110 Å². The Morgan fingerprint density at radius 3 is 2.79 bits per heavy atom. The number of carbonyl (C=O) groups excluding carboxylic acids is 1. The summed E-state index contributed by atoms with van der Waals surface area (Å²) in [6.07, 6.45) is 1.72. The number of hydrogen-bond acceptors (Lipinski definition) is 4. The molecule has 1 amide bonds. The van der Waals surface area contributed by atoms with Crippen molar-refractivity contribution in [3.63, 3.8) is 0 Å². The van der Waals surface area contributed by atoms with E-state index in [0.29, 0.717) is 6.54 Å². The van der Waals surface area contributed by atoms with E-state index in [1.165, 1.54) is 0 Å². The molecule has 0 aliphatic carbocycles. The summed E-state index contributed by atoms with van der Waals surface area (Å²) in [6.45, 7) is 4.23. The molecule has 1 saturated heterocycles. The molecule has 1 atom stereocenters. The summed E-state index contributed by atoms with van der Waals surface area (Å²) in [5.41, 5.74) is -1.17. The maximum Gasteiger partial charge on any atom is 0.326 e. The van der Waals surface area contributed by atoms with Crippen LogP contribution in [0.3, 0.4) is 0 Å². The van der Waals surface area contributed by atoms with Crippen molar-refractivity contribution < 1.29 is 4.79 Å². The van der Waals surface area contributed by atoms with E-state index in [1.807, 2.05) is 6.92 Å². The Hall–Kier alpha value is -1.89. The predicted octanol–water partition coefficient (Wildman–Crippen LogP) is -0.723. The first-order valence-electron chi connectivity index (χ1n) is 6.47. The zero-order chi connectivity index (χ0) is 13.8. The fourth-order valence-corrected chi connectivity index (χ4v) is 2.33. The lowest BCUT2D eigenvalue weighted by molar-refractivity contribution is 0.0685. The molecule has 0 saturated carbocycles. The Balaban J connectivity index is 2.27. The van der Waals surface area contributed by atoms with Gasteiger partial charge in [0.2, 0.25) is 0 Å². The van der Waals surface area contributed by atoms with Crippen molar-refractivity contribution in [3.8, 4) is 0 Å². The summed E-state index contributed by atoms with van der Waals surface area (Å²) >= 11 is 0. The van der Waals surface area contributed by atoms with Crippen molar-refractivity contribution >= 4 is 5.91 Å². The maximum atomic E-state index is 12.4. The summed E-state index contributed by atoms with van der Waals surface area (Å²) in [7, 11) is 0. The van der Waals surface area contributed by atoms with E-state index in [9.17, 15) is 14.4 Å². The van der Waals surface area contributed by atoms with Gasteiger partial charge in [0.05, 0.1) is 0 Å². The first-order valence-corrected chi connectivity index (χ1v) is 6.47. The molecular weight excluding hydrogens is 248 g/mol. The average Bonchev–Trinajstić information content (AvgIpc) is 2.87. The van der Waals surface area contributed by atoms with Gasteiger partial charge in [0.15, 0.2) is 0 Å². The van der Waals surface area contributed by atoms with Crippen molar-refractivity contribution in [1.29, 1.82) is 0 Å². The molecule has 104 valence electrons. The number of carbonyl (C=O) groups is 1. The third kappa shape index (κ3) is 3.11. The molecule has 7 heteroatoms. The third-order valence-corrected chi connectivity index (χ3v) is 3.19. The molecule has 0 radical (unpaired) electrons. The molecule has 19 heavy (non-hydrogen) atoms. The molecule has 0 aromatic carbocycles. The monoisotopic (exact) mass is 266 g/mol. The highest BCUT2D eigenvalue weighted by Gasteiger charge is 2.27. The Morgan fingerprint density at radius 2 is 2.21 bits per heavy atom. The van der Waals surface area contributed by atoms with Gasteiger partial charge in [-0.25, -0.2) is 4.79 Å². The predicted molar refractivity (Wildman–Crippen MR) is 70.3 cm³/mol. The van der Waals surface area contributed by atoms with Crippen LogP contribution in [0.25, 0.3) is 0 Å². The quantitative estimate of drug-likeness (QED) is 0.669. The van der Waals surface area contributed by atoms with E-state index in [1.54, 1.807) is 4.90 Å².